The first-order chi connectivity index (χ1) is 9.17. The highest BCUT2D eigenvalue weighted by Crippen LogP contribution is 2.22. The number of pyridine rings is 1. The molecular weight excluding hydrogens is 247 g/mol. The van der Waals surface area contributed by atoms with E-state index in [1.54, 1.807) is 12.1 Å². The van der Waals surface area contributed by atoms with Gasteiger partial charge < -0.3 is 10.5 Å². The molecule has 0 spiro atoms. The molecule has 0 saturated heterocycles. The van der Waals surface area contributed by atoms with Crippen LogP contribution in [0.15, 0.2) is 36.5 Å². The fourth-order valence-corrected chi connectivity index (χ4v) is 1.73. The van der Waals surface area contributed by atoms with Crippen molar-refractivity contribution in [2.75, 3.05) is 7.11 Å². The Hall–Kier alpha value is -2.27. The van der Waals surface area contributed by atoms with Crippen LogP contribution in [0.4, 0.5) is 4.39 Å². The number of ether oxygens (including phenoxy) is 1. The van der Waals surface area contributed by atoms with E-state index in [-0.39, 0.29) is 17.9 Å². The predicted molar refractivity (Wildman–Crippen MR) is 68.5 cm³/mol. The molecular formula is C14H13FN2O2. The summed E-state index contributed by atoms with van der Waals surface area (Å²) in [7, 11) is 1.35. The highest BCUT2D eigenvalue weighted by Gasteiger charge is 2.17. The molecule has 0 amide bonds. The lowest BCUT2D eigenvalue weighted by molar-refractivity contribution is 0.103. The second-order valence-electron chi connectivity index (χ2n) is 3.89. The number of carbonyl (C=O) groups excluding carboxylic acids is 1. The van der Waals surface area contributed by atoms with E-state index in [0.717, 1.165) is 0 Å². The highest BCUT2D eigenvalue weighted by molar-refractivity contribution is 6.09. The molecule has 19 heavy (non-hydrogen) atoms. The molecule has 0 aliphatic rings. The molecule has 0 saturated carbocycles. The van der Waals surface area contributed by atoms with Crippen molar-refractivity contribution in [3.05, 3.63) is 59.2 Å². The van der Waals surface area contributed by atoms with Crippen LogP contribution < -0.4 is 10.5 Å². The van der Waals surface area contributed by atoms with Gasteiger partial charge in [-0.05, 0) is 24.3 Å². The second-order valence-corrected chi connectivity index (χ2v) is 3.89. The third kappa shape index (κ3) is 2.61. The van der Waals surface area contributed by atoms with E-state index in [1.807, 2.05) is 0 Å². The van der Waals surface area contributed by atoms with Crippen LogP contribution >= 0.6 is 0 Å². The molecule has 1 aromatic carbocycles. The molecule has 0 aliphatic heterocycles. The third-order valence-electron chi connectivity index (χ3n) is 2.72. The molecule has 2 rings (SSSR count). The van der Waals surface area contributed by atoms with Gasteiger partial charge in [0.2, 0.25) is 0 Å². The maximum atomic E-state index is 14.0. The van der Waals surface area contributed by atoms with Gasteiger partial charge in [-0.3, -0.25) is 9.78 Å². The van der Waals surface area contributed by atoms with Crippen LogP contribution in [0.1, 0.15) is 21.6 Å². The molecule has 0 atom stereocenters. The van der Waals surface area contributed by atoms with Crippen molar-refractivity contribution in [3.8, 4) is 5.75 Å². The Morgan fingerprint density at radius 3 is 2.89 bits per heavy atom. The number of hydrogen-bond acceptors (Lipinski definition) is 4. The predicted octanol–water partition coefficient (Wildman–Crippen LogP) is 1.92. The van der Waals surface area contributed by atoms with Crippen LogP contribution in [0.5, 0.6) is 5.75 Å². The summed E-state index contributed by atoms with van der Waals surface area (Å²) in [6.45, 7) is 0.224. The Bertz CT molecular complexity index is 614. The molecule has 0 unspecified atom stereocenters. The molecule has 2 aromatic rings. The van der Waals surface area contributed by atoms with Gasteiger partial charge in [0.15, 0.2) is 17.3 Å². The average Bonchev–Trinajstić information content (AvgIpc) is 2.47. The smallest absolute Gasteiger partial charge is 0.196 e. The third-order valence-corrected chi connectivity index (χ3v) is 2.72. The van der Waals surface area contributed by atoms with Gasteiger partial charge in [-0.25, -0.2) is 4.39 Å². The van der Waals surface area contributed by atoms with Gasteiger partial charge in [-0.1, -0.05) is 6.07 Å². The van der Waals surface area contributed by atoms with Gasteiger partial charge in [-0.15, -0.1) is 0 Å². The lowest BCUT2D eigenvalue weighted by atomic mass is 10.0. The largest absolute Gasteiger partial charge is 0.494 e. The Labute approximate surface area is 110 Å². The maximum absolute atomic E-state index is 14.0. The van der Waals surface area contributed by atoms with Crippen molar-refractivity contribution in [2.24, 2.45) is 5.73 Å². The molecule has 1 aromatic heterocycles. The standard InChI is InChI=1S/C14H13FN2O2/c1-19-12-4-2-3-11(13(12)15)14(18)9-5-6-17-10(7-9)8-16/h2-7H,8,16H2,1H3. The number of hydrogen-bond donors (Lipinski definition) is 1. The number of benzene rings is 1. The number of ketones is 1. The summed E-state index contributed by atoms with van der Waals surface area (Å²) >= 11 is 0. The van der Waals surface area contributed by atoms with Gasteiger partial charge in [0.1, 0.15) is 0 Å². The van der Waals surface area contributed by atoms with Crippen LogP contribution in [0.3, 0.4) is 0 Å². The number of carbonyl (C=O) groups is 1. The zero-order valence-electron chi connectivity index (χ0n) is 10.4. The Kier molecular flexibility index (Phi) is 3.87. The number of aromatic nitrogens is 1. The molecule has 0 aliphatic carbocycles. The van der Waals surface area contributed by atoms with Crippen molar-refractivity contribution in [1.29, 1.82) is 0 Å². The van der Waals surface area contributed by atoms with E-state index < -0.39 is 11.6 Å². The van der Waals surface area contributed by atoms with E-state index in [1.165, 1.54) is 31.5 Å². The van der Waals surface area contributed by atoms with Crippen LogP contribution in [0.25, 0.3) is 0 Å². The maximum Gasteiger partial charge on any atom is 0.196 e. The summed E-state index contributed by atoms with van der Waals surface area (Å²) in [5.74, 6) is -1.05. The summed E-state index contributed by atoms with van der Waals surface area (Å²) in [6, 6.07) is 7.54. The van der Waals surface area contributed by atoms with Crippen LogP contribution in [-0.4, -0.2) is 17.9 Å². The molecule has 2 N–H and O–H groups in total. The van der Waals surface area contributed by atoms with Gasteiger partial charge in [-0.2, -0.15) is 0 Å². The van der Waals surface area contributed by atoms with Gasteiger partial charge in [0, 0.05) is 18.3 Å². The summed E-state index contributed by atoms with van der Waals surface area (Å²) in [5.41, 5.74) is 6.36. The monoisotopic (exact) mass is 260 g/mol. The van der Waals surface area contributed by atoms with E-state index in [4.69, 9.17) is 10.5 Å². The molecule has 5 heteroatoms. The van der Waals surface area contributed by atoms with E-state index >= 15 is 0 Å². The fourth-order valence-electron chi connectivity index (χ4n) is 1.73. The minimum Gasteiger partial charge on any atom is -0.494 e. The number of rotatable bonds is 4. The van der Waals surface area contributed by atoms with Gasteiger partial charge >= 0.3 is 0 Å². The minimum absolute atomic E-state index is 0.0338. The van der Waals surface area contributed by atoms with E-state index in [9.17, 15) is 9.18 Å². The Balaban J connectivity index is 2.44. The first-order valence-electron chi connectivity index (χ1n) is 5.69. The quantitative estimate of drug-likeness (QED) is 0.853. The van der Waals surface area contributed by atoms with Crippen LogP contribution in [0, 0.1) is 5.82 Å². The number of methoxy groups -OCH3 is 1. The Morgan fingerprint density at radius 1 is 1.42 bits per heavy atom. The van der Waals surface area contributed by atoms with Crippen molar-refractivity contribution in [1.82, 2.24) is 4.98 Å². The van der Waals surface area contributed by atoms with Crippen LogP contribution in [-0.2, 0) is 6.54 Å². The molecule has 1 heterocycles. The number of halogens is 1. The zero-order valence-corrected chi connectivity index (χ0v) is 10.4. The topological polar surface area (TPSA) is 65.2 Å². The molecule has 0 fully saturated rings. The molecule has 4 nitrogen and oxygen atoms in total. The summed E-state index contributed by atoms with van der Waals surface area (Å²) in [5, 5.41) is 0. The Morgan fingerprint density at radius 2 is 2.21 bits per heavy atom. The van der Waals surface area contributed by atoms with Gasteiger partial charge in [0.05, 0.1) is 18.4 Å². The first-order valence-corrected chi connectivity index (χ1v) is 5.69. The zero-order chi connectivity index (χ0) is 13.8. The summed E-state index contributed by atoms with van der Waals surface area (Å²) < 4.78 is 18.9. The van der Waals surface area contributed by atoms with Gasteiger partial charge in [0.25, 0.3) is 0 Å². The number of nitrogens with zero attached hydrogens (tertiary/aromatic N) is 1. The lowest BCUT2D eigenvalue weighted by Crippen LogP contribution is -2.08. The van der Waals surface area contributed by atoms with Crippen molar-refractivity contribution >= 4 is 5.78 Å². The van der Waals surface area contributed by atoms with E-state index in [0.29, 0.717) is 11.3 Å². The minimum atomic E-state index is -0.666. The summed E-state index contributed by atoms with van der Waals surface area (Å²) in [6.07, 6.45) is 1.48. The van der Waals surface area contributed by atoms with Crippen molar-refractivity contribution < 1.29 is 13.9 Å². The normalized spacial score (nSPS) is 10.3. The highest BCUT2D eigenvalue weighted by atomic mass is 19.1. The fraction of sp³-hybridized carbons (Fsp3) is 0.143. The number of nitrogens with two attached hydrogens (primary N) is 1. The van der Waals surface area contributed by atoms with E-state index in [2.05, 4.69) is 4.98 Å². The SMILES string of the molecule is COc1cccc(C(=O)c2ccnc(CN)c2)c1F. The van der Waals surface area contributed by atoms with Crippen molar-refractivity contribution in [3.63, 3.8) is 0 Å². The molecule has 0 bridgehead atoms. The van der Waals surface area contributed by atoms with Crippen molar-refractivity contribution in [2.45, 2.75) is 6.54 Å². The second kappa shape index (κ2) is 5.58. The van der Waals surface area contributed by atoms with Crippen LogP contribution in [0.2, 0.25) is 0 Å². The first kappa shape index (κ1) is 13.2. The molecule has 0 radical (unpaired) electrons. The lowest BCUT2D eigenvalue weighted by Gasteiger charge is -2.07. The average molecular weight is 260 g/mol. The summed E-state index contributed by atoms with van der Waals surface area (Å²) in [4.78, 5) is 16.2. The molecule has 98 valence electrons.